The van der Waals surface area contributed by atoms with Crippen molar-refractivity contribution in [2.75, 3.05) is 13.1 Å². The molecule has 0 bridgehead atoms. The van der Waals surface area contributed by atoms with Crippen molar-refractivity contribution in [1.29, 1.82) is 0 Å². The number of benzene rings is 3. The van der Waals surface area contributed by atoms with E-state index in [0.717, 1.165) is 48.5 Å². The maximum Gasteiger partial charge on any atom is 0.253 e. The number of carbonyl (C=O) groups is 1. The number of aryl methyl sites for hydroxylation is 1. The van der Waals surface area contributed by atoms with Crippen LogP contribution in [-0.2, 0) is 0 Å². The van der Waals surface area contributed by atoms with Crippen LogP contribution in [-0.4, -0.2) is 33.9 Å². The van der Waals surface area contributed by atoms with Gasteiger partial charge in [0.05, 0.1) is 11.0 Å². The lowest BCUT2D eigenvalue weighted by Gasteiger charge is -2.31. The largest absolute Gasteiger partial charge is 0.457 e. The lowest BCUT2D eigenvalue weighted by atomic mass is 9.95. The number of piperidine rings is 1. The minimum atomic E-state index is 0.0530. The number of ether oxygens (including phenoxy) is 1. The highest BCUT2D eigenvalue weighted by Crippen LogP contribution is 2.29. The Morgan fingerprint density at radius 3 is 2.55 bits per heavy atom. The molecule has 1 aliphatic heterocycles. The highest BCUT2D eigenvalue weighted by Gasteiger charge is 2.26. The molecule has 1 aromatic heterocycles. The number of amides is 1. The first-order chi connectivity index (χ1) is 15.2. The van der Waals surface area contributed by atoms with Crippen LogP contribution in [0.4, 0.5) is 0 Å². The number of likely N-dealkylation sites (tertiary alicyclic amines) is 1. The zero-order valence-corrected chi connectivity index (χ0v) is 17.5. The average molecular weight is 412 g/mol. The molecule has 1 amide bonds. The summed E-state index contributed by atoms with van der Waals surface area (Å²) in [6.45, 7) is 3.54. The molecule has 0 aliphatic carbocycles. The first kappa shape index (κ1) is 19.4. The fourth-order valence-corrected chi connectivity index (χ4v) is 4.19. The van der Waals surface area contributed by atoms with Crippen molar-refractivity contribution >= 4 is 16.9 Å². The molecule has 0 unspecified atom stereocenters. The van der Waals surface area contributed by atoms with Crippen molar-refractivity contribution in [2.24, 2.45) is 0 Å². The molecule has 31 heavy (non-hydrogen) atoms. The van der Waals surface area contributed by atoms with Crippen LogP contribution in [0.15, 0.2) is 72.8 Å². The van der Waals surface area contributed by atoms with E-state index in [0.29, 0.717) is 17.2 Å². The van der Waals surface area contributed by atoms with E-state index in [-0.39, 0.29) is 5.91 Å². The molecule has 2 heterocycles. The number of imidazole rings is 1. The van der Waals surface area contributed by atoms with E-state index in [1.54, 1.807) is 0 Å². The van der Waals surface area contributed by atoms with Crippen molar-refractivity contribution in [3.63, 3.8) is 0 Å². The standard InChI is InChI=1S/C26H25N3O2/c1-18-10-11-23-24(16-18)28-25(27-23)19-12-14-29(15-13-19)26(30)20-6-5-9-22(17-20)31-21-7-3-2-4-8-21/h2-11,16-17,19H,12-15H2,1H3,(H,27,28). The zero-order valence-electron chi connectivity index (χ0n) is 17.5. The smallest absolute Gasteiger partial charge is 0.253 e. The summed E-state index contributed by atoms with van der Waals surface area (Å²) in [4.78, 5) is 23.3. The summed E-state index contributed by atoms with van der Waals surface area (Å²) in [5.74, 6) is 2.87. The monoisotopic (exact) mass is 411 g/mol. The minimum Gasteiger partial charge on any atom is -0.457 e. The lowest BCUT2D eigenvalue weighted by molar-refractivity contribution is 0.0711. The zero-order chi connectivity index (χ0) is 21.2. The molecule has 0 radical (unpaired) electrons. The summed E-state index contributed by atoms with van der Waals surface area (Å²) in [5.41, 5.74) is 3.98. The van der Waals surface area contributed by atoms with Crippen LogP contribution >= 0.6 is 0 Å². The topological polar surface area (TPSA) is 58.2 Å². The van der Waals surface area contributed by atoms with E-state index in [1.807, 2.05) is 59.5 Å². The molecule has 0 atom stereocenters. The summed E-state index contributed by atoms with van der Waals surface area (Å²) in [5, 5.41) is 0. The molecule has 3 aromatic carbocycles. The average Bonchev–Trinajstić information content (AvgIpc) is 3.23. The Kier molecular flexibility index (Phi) is 5.16. The number of H-pyrrole nitrogens is 1. The van der Waals surface area contributed by atoms with Crippen molar-refractivity contribution in [3.8, 4) is 11.5 Å². The van der Waals surface area contributed by atoms with Gasteiger partial charge in [-0.3, -0.25) is 4.79 Å². The van der Waals surface area contributed by atoms with Gasteiger partial charge in [0.25, 0.3) is 5.91 Å². The molecule has 5 rings (SSSR count). The molecule has 5 heteroatoms. The van der Waals surface area contributed by atoms with Gasteiger partial charge >= 0.3 is 0 Å². The Bertz CT molecular complexity index is 1210. The second-order valence-electron chi connectivity index (χ2n) is 8.15. The third-order valence-corrected chi connectivity index (χ3v) is 5.88. The summed E-state index contributed by atoms with van der Waals surface area (Å²) in [7, 11) is 0. The van der Waals surface area contributed by atoms with E-state index in [4.69, 9.17) is 9.72 Å². The quantitative estimate of drug-likeness (QED) is 0.470. The molecule has 1 N–H and O–H groups in total. The maximum absolute atomic E-state index is 13.1. The van der Waals surface area contributed by atoms with E-state index >= 15 is 0 Å². The van der Waals surface area contributed by atoms with E-state index in [2.05, 4.69) is 30.1 Å². The molecular weight excluding hydrogens is 386 g/mol. The number of hydrogen-bond acceptors (Lipinski definition) is 3. The first-order valence-corrected chi connectivity index (χ1v) is 10.7. The number of aromatic amines is 1. The first-order valence-electron chi connectivity index (χ1n) is 10.7. The van der Waals surface area contributed by atoms with Crippen LogP contribution in [0.25, 0.3) is 11.0 Å². The Hall–Kier alpha value is -3.60. The maximum atomic E-state index is 13.1. The van der Waals surface area contributed by atoms with Gasteiger partial charge in [-0.2, -0.15) is 0 Å². The molecule has 4 aromatic rings. The van der Waals surface area contributed by atoms with Crippen LogP contribution in [0.1, 0.15) is 40.5 Å². The summed E-state index contributed by atoms with van der Waals surface area (Å²) in [6.07, 6.45) is 1.81. The Morgan fingerprint density at radius 1 is 0.968 bits per heavy atom. The number of aromatic nitrogens is 2. The number of carbonyl (C=O) groups excluding carboxylic acids is 1. The highest BCUT2D eigenvalue weighted by atomic mass is 16.5. The van der Waals surface area contributed by atoms with Gasteiger partial charge in [0.1, 0.15) is 17.3 Å². The molecule has 5 nitrogen and oxygen atoms in total. The molecular formula is C26H25N3O2. The third kappa shape index (κ3) is 4.17. The van der Waals surface area contributed by atoms with Crippen molar-refractivity contribution in [3.05, 3.63) is 89.7 Å². The number of para-hydroxylation sites is 1. The SMILES string of the molecule is Cc1ccc2nc(C3CCN(C(=O)c4cccc(Oc5ccccc5)c4)CC3)[nH]c2c1. The van der Waals surface area contributed by atoms with Gasteiger partial charge in [-0.05, 0) is 67.8 Å². The molecule has 1 aliphatic rings. The predicted molar refractivity (Wildman–Crippen MR) is 122 cm³/mol. The van der Waals surface area contributed by atoms with Crippen LogP contribution in [0.2, 0.25) is 0 Å². The lowest BCUT2D eigenvalue weighted by Crippen LogP contribution is -2.38. The number of nitrogens with zero attached hydrogens (tertiary/aromatic N) is 2. The molecule has 0 saturated carbocycles. The highest BCUT2D eigenvalue weighted by molar-refractivity contribution is 5.94. The Balaban J connectivity index is 1.25. The fourth-order valence-electron chi connectivity index (χ4n) is 4.19. The molecule has 1 fully saturated rings. The molecule has 0 spiro atoms. The number of rotatable bonds is 4. The van der Waals surface area contributed by atoms with Crippen molar-refractivity contribution in [1.82, 2.24) is 14.9 Å². The normalized spacial score (nSPS) is 14.7. The van der Waals surface area contributed by atoms with Crippen molar-refractivity contribution in [2.45, 2.75) is 25.7 Å². The van der Waals surface area contributed by atoms with E-state index in [9.17, 15) is 4.79 Å². The van der Waals surface area contributed by atoms with Gasteiger partial charge in [-0.25, -0.2) is 4.98 Å². The Morgan fingerprint density at radius 2 is 1.74 bits per heavy atom. The van der Waals surface area contributed by atoms with Crippen LogP contribution < -0.4 is 4.74 Å². The summed E-state index contributed by atoms with van der Waals surface area (Å²) < 4.78 is 5.89. The van der Waals surface area contributed by atoms with E-state index < -0.39 is 0 Å². The van der Waals surface area contributed by atoms with Crippen molar-refractivity contribution < 1.29 is 9.53 Å². The van der Waals surface area contributed by atoms with Gasteiger partial charge in [-0.1, -0.05) is 30.3 Å². The van der Waals surface area contributed by atoms with Crippen LogP contribution in [0.5, 0.6) is 11.5 Å². The third-order valence-electron chi connectivity index (χ3n) is 5.88. The second-order valence-corrected chi connectivity index (χ2v) is 8.15. The van der Waals surface area contributed by atoms with E-state index in [1.165, 1.54) is 5.56 Å². The minimum absolute atomic E-state index is 0.0530. The summed E-state index contributed by atoms with van der Waals surface area (Å²) in [6, 6.07) is 23.3. The Labute approximate surface area is 181 Å². The van der Waals surface area contributed by atoms with Gasteiger partial charge in [0.2, 0.25) is 0 Å². The van der Waals surface area contributed by atoms with Crippen LogP contribution in [0.3, 0.4) is 0 Å². The number of nitrogens with one attached hydrogen (secondary N) is 1. The molecule has 1 saturated heterocycles. The summed E-state index contributed by atoms with van der Waals surface area (Å²) >= 11 is 0. The number of hydrogen-bond donors (Lipinski definition) is 1. The fraction of sp³-hybridized carbons (Fsp3) is 0.231. The van der Waals surface area contributed by atoms with Gasteiger partial charge in [0, 0.05) is 24.6 Å². The number of fused-ring (bicyclic) bond motifs is 1. The van der Waals surface area contributed by atoms with Gasteiger partial charge < -0.3 is 14.6 Å². The van der Waals surface area contributed by atoms with Crippen LogP contribution in [0, 0.1) is 6.92 Å². The molecule has 156 valence electrons. The van der Waals surface area contributed by atoms with Gasteiger partial charge in [-0.15, -0.1) is 0 Å². The predicted octanol–water partition coefficient (Wildman–Crippen LogP) is 5.68. The van der Waals surface area contributed by atoms with Gasteiger partial charge in [0.15, 0.2) is 0 Å². The second kappa shape index (κ2) is 8.26.